The summed E-state index contributed by atoms with van der Waals surface area (Å²) in [4.78, 5) is -0.318. The lowest BCUT2D eigenvalue weighted by Gasteiger charge is -2.26. The van der Waals surface area contributed by atoms with Crippen LogP contribution in [-0.4, -0.2) is 21.8 Å². The SMILES string of the molecule is C=C([SiH3])C(Cl)(CC)NCC. The second kappa shape index (κ2) is 4.16. The van der Waals surface area contributed by atoms with E-state index in [2.05, 4.69) is 25.7 Å². The molecule has 0 bridgehead atoms. The Morgan fingerprint density at radius 3 is 2.30 bits per heavy atom. The molecule has 1 atom stereocenters. The van der Waals surface area contributed by atoms with Gasteiger partial charge in [-0.1, -0.05) is 30.6 Å². The molecule has 1 nitrogen and oxygen atoms in total. The number of hydrogen-bond donors (Lipinski definition) is 1. The maximum absolute atomic E-state index is 6.18. The number of halogens is 1. The molecule has 0 rings (SSSR count). The van der Waals surface area contributed by atoms with Crippen molar-refractivity contribution in [1.82, 2.24) is 5.32 Å². The molecule has 0 saturated carbocycles. The first kappa shape index (κ1) is 10.2. The topological polar surface area (TPSA) is 12.0 Å². The lowest BCUT2D eigenvalue weighted by molar-refractivity contribution is 0.533. The highest BCUT2D eigenvalue weighted by Gasteiger charge is 2.23. The van der Waals surface area contributed by atoms with Crippen molar-refractivity contribution in [2.75, 3.05) is 6.54 Å². The Hall–Kier alpha value is 0.207. The lowest BCUT2D eigenvalue weighted by atomic mass is 10.2. The molecule has 10 heavy (non-hydrogen) atoms. The van der Waals surface area contributed by atoms with Crippen LogP contribution in [0.25, 0.3) is 0 Å². The summed E-state index contributed by atoms with van der Waals surface area (Å²) in [5.41, 5.74) is 0. The first-order valence-corrected chi connectivity index (χ1v) is 5.04. The third-order valence-electron chi connectivity index (χ3n) is 1.62. The molecule has 60 valence electrons. The van der Waals surface area contributed by atoms with E-state index in [0.29, 0.717) is 0 Å². The van der Waals surface area contributed by atoms with Crippen molar-refractivity contribution in [3.63, 3.8) is 0 Å². The highest BCUT2D eigenvalue weighted by atomic mass is 35.5. The fraction of sp³-hybridized carbons (Fsp3) is 0.714. The number of likely N-dealkylation sites (N-methyl/N-ethyl adjacent to an activating group) is 1. The van der Waals surface area contributed by atoms with Gasteiger partial charge < -0.3 is 0 Å². The smallest absolute Gasteiger partial charge is 0.110 e. The molecule has 0 heterocycles. The van der Waals surface area contributed by atoms with Gasteiger partial charge in [0.15, 0.2) is 0 Å². The first-order valence-electron chi connectivity index (χ1n) is 3.66. The normalized spacial score (nSPS) is 16.7. The van der Waals surface area contributed by atoms with Gasteiger partial charge in [-0.2, -0.15) is 0 Å². The van der Waals surface area contributed by atoms with E-state index in [1.54, 1.807) is 0 Å². The predicted molar refractivity (Wildman–Crippen MR) is 51.6 cm³/mol. The zero-order chi connectivity index (χ0) is 8.20. The summed E-state index contributed by atoms with van der Waals surface area (Å²) in [6, 6.07) is 0. The average molecular weight is 178 g/mol. The van der Waals surface area contributed by atoms with E-state index in [4.69, 9.17) is 11.6 Å². The summed E-state index contributed by atoms with van der Waals surface area (Å²) in [5, 5.41) is 4.33. The van der Waals surface area contributed by atoms with E-state index in [1.807, 2.05) is 0 Å². The van der Waals surface area contributed by atoms with E-state index in [0.717, 1.165) is 28.4 Å². The van der Waals surface area contributed by atoms with Crippen LogP contribution in [0.4, 0.5) is 0 Å². The predicted octanol–water partition coefficient (Wildman–Crippen LogP) is 0.820. The van der Waals surface area contributed by atoms with Gasteiger partial charge in [-0.25, -0.2) is 0 Å². The maximum Gasteiger partial charge on any atom is 0.110 e. The van der Waals surface area contributed by atoms with Gasteiger partial charge in [0, 0.05) is 10.2 Å². The van der Waals surface area contributed by atoms with Gasteiger partial charge in [-0.15, -0.1) is 6.58 Å². The van der Waals surface area contributed by atoms with Crippen molar-refractivity contribution in [3.05, 3.63) is 11.8 Å². The van der Waals surface area contributed by atoms with Gasteiger partial charge in [0.25, 0.3) is 0 Å². The maximum atomic E-state index is 6.18. The molecule has 0 aliphatic rings. The highest BCUT2D eigenvalue weighted by molar-refractivity contribution is 6.35. The number of nitrogens with one attached hydrogen (secondary N) is 1. The van der Waals surface area contributed by atoms with Crippen molar-refractivity contribution in [3.8, 4) is 0 Å². The molecule has 0 spiro atoms. The molecule has 0 aliphatic carbocycles. The molecule has 0 aromatic carbocycles. The standard InChI is InChI=1S/C7H16ClNSi/c1-4-7(8,6(3)10)9-5-2/h9H,3-5H2,1-2,10H3. The van der Waals surface area contributed by atoms with Crippen molar-refractivity contribution in [1.29, 1.82) is 0 Å². The molecule has 0 saturated heterocycles. The number of rotatable bonds is 4. The third-order valence-corrected chi connectivity index (χ3v) is 3.51. The van der Waals surface area contributed by atoms with E-state index in [1.165, 1.54) is 0 Å². The van der Waals surface area contributed by atoms with Crippen molar-refractivity contribution < 1.29 is 0 Å². The van der Waals surface area contributed by atoms with Crippen LogP contribution in [0.1, 0.15) is 20.3 Å². The quantitative estimate of drug-likeness (QED) is 0.381. The fourth-order valence-electron chi connectivity index (χ4n) is 0.858. The van der Waals surface area contributed by atoms with Crippen LogP contribution in [0.15, 0.2) is 11.8 Å². The Balaban J connectivity index is 4.08. The van der Waals surface area contributed by atoms with Crippen LogP contribution in [0.5, 0.6) is 0 Å². The van der Waals surface area contributed by atoms with Crippen LogP contribution >= 0.6 is 11.6 Å². The van der Waals surface area contributed by atoms with Gasteiger partial charge in [0.1, 0.15) is 5.00 Å². The summed E-state index contributed by atoms with van der Waals surface area (Å²) < 4.78 is 0. The Bertz CT molecular complexity index is 127. The third kappa shape index (κ3) is 2.44. The molecular formula is C7H16ClNSi. The van der Waals surface area contributed by atoms with Gasteiger partial charge in [0.2, 0.25) is 0 Å². The lowest BCUT2D eigenvalue weighted by Crippen LogP contribution is -2.40. The minimum atomic E-state index is -0.318. The summed E-state index contributed by atoms with van der Waals surface area (Å²) in [7, 11) is 0.962. The largest absolute Gasteiger partial charge is 0.296 e. The minimum absolute atomic E-state index is 0.318. The van der Waals surface area contributed by atoms with Crippen LogP contribution in [0, 0.1) is 0 Å². The molecule has 0 aliphatic heterocycles. The Morgan fingerprint density at radius 1 is 1.70 bits per heavy atom. The molecule has 1 unspecified atom stereocenters. The van der Waals surface area contributed by atoms with E-state index in [-0.39, 0.29) is 5.00 Å². The Morgan fingerprint density at radius 2 is 2.20 bits per heavy atom. The fourth-order valence-corrected chi connectivity index (χ4v) is 1.52. The molecule has 1 N–H and O–H groups in total. The second-order valence-corrected chi connectivity index (χ2v) is 4.32. The molecule has 3 heteroatoms. The molecular weight excluding hydrogens is 162 g/mol. The zero-order valence-corrected chi connectivity index (χ0v) is 9.76. The van der Waals surface area contributed by atoms with Crippen molar-refractivity contribution in [2.24, 2.45) is 0 Å². The van der Waals surface area contributed by atoms with Gasteiger partial charge in [-0.3, -0.25) is 5.32 Å². The monoisotopic (exact) mass is 177 g/mol. The second-order valence-electron chi connectivity index (χ2n) is 2.47. The molecule has 0 fully saturated rings. The molecule has 0 amide bonds. The van der Waals surface area contributed by atoms with Crippen molar-refractivity contribution >= 4 is 21.8 Å². The van der Waals surface area contributed by atoms with Crippen LogP contribution in [0.2, 0.25) is 0 Å². The van der Waals surface area contributed by atoms with E-state index in [9.17, 15) is 0 Å². The van der Waals surface area contributed by atoms with E-state index >= 15 is 0 Å². The Kier molecular flexibility index (Phi) is 4.25. The van der Waals surface area contributed by atoms with Gasteiger partial charge in [0.05, 0.1) is 0 Å². The number of hydrogen-bond acceptors (Lipinski definition) is 1. The van der Waals surface area contributed by atoms with Gasteiger partial charge in [-0.05, 0) is 13.0 Å². The minimum Gasteiger partial charge on any atom is -0.296 e. The molecule has 0 radical (unpaired) electrons. The summed E-state index contributed by atoms with van der Waals surface area (Å²) in [5.74, 6) is 0. The zero-order valence-electron chi connectivity index (χ0n) is 7.00. The first-order chi connectivity index (χ1) is 4.56. The summed E-state index contributed by atoms with van der Waals surface area (Å²) in [6.45, 7) is 8.91. The Labute approximate surface area is 71.3 Å². The van der Waals surface area contributed by atoms with Gasteiger partial charge >= 0.3 is 0 Å². The summed E-state index contributed by atoms with van der Waals surface area (Å²) >= 11 is 6.18. The van der Waals surface area contributed by atoms with Crippen LogP contribution in [-0.2, 0) is 0 Å². The van der Waals surface area contributed by atoms with Crippen LogP contribution < -0.4 is 5.32 Å². The highest BCUT2D eigenvalue weighted by Crippen LogP contribution is 2.21. The number of alkyl halides is 1. The van der Waals surface area contributed by atoms with E-state index < -0.39 is 0 Å². The molecule has 0 aromatic heterocycles. The molecule has 0 aromatic rings. The van der Waals surface area contributed by atoms with Crippen LogP contribution in [0.3, 0.4) is 0 Å². The van der Waals surface area contributed by atoms with Crippen molar-refractivity contribution in [2.45, 2.75) is 25.3 Å². The average Bonchev–Trinajstić information content (AvgIpc) is 1.88. The summed E-state index contributed by atoms with van der Waals surface area (Å²) in [6.07, 6.45) is 0.907.